The number of aliphatic imine (C=N–C) groups is 1. The molecule has 1 aliphatic carbocycles. The summed E-state index contributed by atoms with van der Waals surface area (Å²) < 4.78 is 0. The average molecular weight is 323 g/mol. The van der Waals surface area contributed by atoms with Gasteiger partial charge in [0.15, 0.2) is 5.96 Å². The van der Waals surface area contributed by atoms with Gasteiger partial charge < -0.3 is 10.6 Å². The lowest BCUT2D eigenvalue weighted by Gasteiger charge is -2.30. The molecule has 1 aliphatic rings. The van der Waals surface area contributed by atoms with Crippen molar-refractivity contribution in [3.8, 4) is 0 Å². The zero-order chi connectivity index (χ0) is 15.9. The zero-order valence-electron chi connectivity index (χ0n) is 14.4. The van der Waals surface area contributed by atoms with Crippen LogP contribution >= 0.6 is 11.3 Å². The van der Waals surface area contributed by atoms with E-state index in [1.165, 1.54) is 37.0 Å². The van der Waals surface area contributed by atoms with Gasteiger partial charge >= 0.3 is 0 Å². The molecule has 0 spiro atoms. The summed E-state index contributed by atoms with van der Waals surface area (Å²) in [5, 5.41) is 8.15. The molecule has 124 valence electrons. The molecule has 5 heteroatoms. The van der Waals surface area contributed by atoms with Gasteiger partial charge in [-0.2, -0.15) is 0 Å². The Morgan fingerprint density at radius 1 is 1.32 bits per heavy atom. The highest BCUT2D eigenvalue weighted by atomic mass is 32.1. The SMILES string of the molecule is CCNC(=NCc1sc(C)nc1C)NC1CCCC(CC)C1. The summed E-state index contributed by atoms with van der Waals surface area (Å²) in [4.78, 5) is 10.5. The van der Waals surface area contributed by atoms with Gasteiger partial charge in [-0.3, -0.25) is 0 Å². The lowest BCUT2D eigenvalue weighted by molar-refractivity contribution is 0.298. The second kappa shape index (κ2) is 8.51. The molecule has 0 radical (unpaired) electrons. The van der Waals surface area contributed by atoms with Crippen LogP contribution in [0.3, 0.4) is 0 Å². The van der Waals surface area contributed by atoms with Gasteiger partial charge in [0.25, 0.3) is 0 Å². The number of aromatic nitrogens is 1. The normalized spacial score (nSPS) is 22.6. The molecule has 1 fully saturated rings. The highest BCUT2D eigenvalue weighted by molar-refractivity contribution is 7.11. The Hall–Kier alpha value is -1.10. The van der Waals surface area contributed by atoms with E-state index in [1.807, 2.05) is 0 Å². The quantitative estimate of drug-likeness (QED) is 0.640. The van der Waals surface area contributed by atoms with Crippen LogP contribution in [0.4, 0.5) is 0 Å². The van der Waals surface area contributed by atoms with Crippen molar-refractivity contribution in [2.45, 2.75) is 72.4 Å². The highest BCUT2D eigenvalue weighted by Gasteiger charge is 2.21. The van der Waals surface area contributed by atoms with Gasteiger partial charge in [0.1, 0.15) is 0 Å². The molecule has 2 N–H and O–H groups in total. The van der Waals surface area contributed by atoms with E-state index >= 15 is 0 Å². The Bertz CT molecular complexity index is 495. The average Bonchev–Trinajstić information content (AvgIpc) is 2.83. The minimum atomic E-state index is 0.570. The predicted octanol–water partition coefficient (Wildman–Crippen LogP) is 3.78. The van der Waals surface area contributed by atoms with Crippen molar-refractivity contribution in [3.63, 3.8) is 0 Å². The lowest BCUT2D eigenvalue weighted by Crippen LogP contribution is -2.45. The second-order valence-corrected chi connectivity index (χ2v) is 7.51. The van der Waals surface area contributed by atoms with Crippen LogP contribution in [-0.4, -0.2) is 23.5 Å². The Kier molecular flexibility index (Phi) is 6.68. The van der Waals surface area contributed by atoms with Crippen molar-refractivity contribution < 1.29 is 0 Å². The first-order chi connectivity index (χ1) is 10.6. The fourth-order valence-corrected chi connectivity index (χ4v) is 4.04. The van der Waals surface area contributed by atoms with Crippen LogP contribution in [0, 0.1) is 19.8 Å². The van der Waals surface area contributed by atoms with Crippen molar-refractivity contribution in [3.05, 3.63) is 15.6 Å². The second-order valence-electron chi connectivity index (χ2n) is 6.22. The molecule has 0 aliphatic heterocycles. The topological polar surface area (TPSA) is 49.3 Å². The van der Waals surface area contributed by atoms with Gasteiger partial charge in [-0.15, -0.1) is 11.3 Å². The fraction of sp³-hybridized carbons (Fsp3) is 0.765. The van der Waals surface area contributed by atoms with Crippen LogP contribution in [0.25, 0.3) is 0 Å². The van der Waals surface area contributed by atoms with E-state index in [0.29, 0.717) is 6.04 Å². The molecule has 0 bridgehead atoms. The molecule has 1 aromatic heterocycles. The molecule has 1 saturated carbocycles. The third-order valence-corrected chi connectivity index (χ3v) is 5.48. The van der Waals surface area contributed by atoms with Gasteiger partial charge in [-0.1, -0.05) is 26.2 Å². The molecule has 1 heterocycles. The molecule has 2 rings (SSSR count). The van der Waals surface area contributed by atoms with Crippen molar-refractivity contribution >= 4 is 17.3 Å². The van der Waals surface area contributed by atoms with Crippen LogP contribution in [-0.2, 0) is 6.54 Å². The molecule has 22 heavy (non-hydrogen) atoms. The van der Waals surface area contributed by atoms with Crippen molar-refractivity contribution in [1.82, 2.24) is 15.6 Å². The largest absolute Gasteiger partial charge is 0.357 e. The number of aryl methyl sites for hydroxylation is 2. The molecule has 2 atom stereocenters. The summed E-state index contributed by atoms with van der Waals surface area (Å²) >= 11 is 1.75. The first kappa shape index (κ1) is 17.3. The van der Waals surface area contributed by atoms with E-state index in [0.717, 1.165) is 35.7 Å². The van der Waals surface area contributed by atoms with E-state index in [2.05, 4.69) is 43.3 Å². The first-order valence-corrected chi connectivity index (χ1v) is 9.41. The molecule has 0 saturated heterocycles. The van der Waals surface area contributed by atoms with Crippen LogP contribution in [0.5, 0.6) is 0 Å². The molecule has 0 aromatic carbocycles. The van der Waals surface area contributed by atoms with Crippen LogP contribution in [0.15, 0.2) is 4.99 Å². The smallest absolute Gasteiger partial charge is 0.191 e. The summed E-state index contributed by atoms with van der Waals surface area (Å²) in [5.74, 6) is 1.83. The maximum atomic E-state index is 4.77. The number of rotatable bonds is 5. The molecule has 1 aromatic rings. The van der Waals surface area contributed by atoms with Crippen LogP contribution in [0.1, 0.15) is 61.5 Å². The Morgan fingerprint density at radius 2 is 2.14 bits per heavy atom. The van der Waals surface area contributed by atoms with Gasteiger partial charge in [0.2, 0.25) is 0 Å². The summed E-state index contributed by atoms with van der Waals surface area (Å²) in [6, 6.07) is 0.570. The summed E-state index contributed by atoms with van der Waals surface area (Å²) in [6.45, 7) is 10.2. The summed E-state index contributed by atoms with van der Waals surface area (Å²) in [7, 11) is 0. The Morgan fingerprint density at radius 3 is 2.77 bits per heavy atom. The standard InChI is InChI=1S/C17H30N4S/c1-5-14-8-7-9-15(10-14)21-17(18-6-2)19-11-16-12(3)20-13(4)22-16/h14-15H,5-11H2,1-4H3,(H2,18,19,21). The number of guanidine groups is 1. The van der Waals surface area contributed by atoms with Crippen molar-refractivity contribution in [2.24, 2.45) is 10.9 Å². The van der Waals surface area contributed by atoms with Gasteiger partial charge in [0, 0.05) is 17.5 Å². The number of hydrogen-bond donors (Lipinski definition) is 2. The summed E-state index contributed by atoms with van der Waals surface area (Å²) in [6.07, 6.45) is 6.56. The number of nitrogens with zero attached hydrogens (tertiary/aromatic N) is 2. The molecular formula is C17H30N4S. The number of hydrogen-bond acceptors (Lipinski definition) is 3. The fourth-order valence-electron chi connectivity index (χ4n) is 3.18. The van der Waals surface area contributed by atoms with E-state index in [-0.39, 0.29) is 0 Å². The third-order valence-electron chi connectivity index (χ3n) is 4.43. The Labute approximate surface area is 138 Å². The molecular weight excluding hydrogens is 292 g/mol. The third kappa shape index (κ3) is 4.97. The Balaban J connectivity index is 1.96. The van der Waals surface area contributed by atoms with Crippen molar-refractivity contribution in [2.75, 3.05) is 6.54 Å². The maximum Gasteiger partial charge on any atom is 0.191 e. The van der Waals surface area contributed by atoms with E-state index in [9.17, 15) is 0 Å². The van der Waals surface area contributed by atoms with E-state index < -0.39 is 0 Å². The zero-order valence-corrected chi connectivity index (χ0v) is 15.2. The van der Waals surface area contributed by atoms with Gasteiger partial charge in [-0.25, -0.2) is 9.98 Å². The van der Waals surface area contributed by atoms with Crippen LogP contribution < -0.4 is 10.6 Å². The lowest BCUT2D eigenvalue weighted by atomic mass is 9.84. The minimum Gasteiger partial charge on any atom is -0.357 e. The number of nitrogens with one attached hydrogen (secondary N) is 2. The molecule has 2 unspecified atom stereocenters. The summed E-state index contributed by atoms with van der Waals surface area (Å²) in [5.41, 5.74) is 1.12. The molecule has 0 amide bonds. The predicted molar refractivity (Wildman–Crippen MR) is 95.6 cm³/mol. The van der Waals surface area contributed by atoms with E-state index in [4.69, 9.17) is 4.99 Å². The van der Waals surface area contributed by atoms with E-state index in [1.54, 1.807) is 11.3 Å². The number of thiazole rings is 1. The van der Waals surface area contributed by atoms with Gasteiger partial charge in [0.05, 0.1) is 17.2 Å². The van der Waals surface area contributed by atoms with Crippen LogP contribution in [0.2, 0.25) is 0 Å². The minimum absolute atomic E-state index is 0.570. The maximum absolute atomic E-state index is 4.77. The molecule has 4 nitrogen and oxygen atoms in total. The first-order valence-electron chi connectivity index (χ1n) is 8.60. The monoisotopic (exact) mass is 322 g/mol. The van der Waals surface area contributed by atoms with Crippen molar-refractivity contribution in [1.29, 1.82) is 0 Å². The highest BCUT2D eigenvalue weighted by Crippen LogP contribution is 2.26. The van der Waals surface area contributed by atoms with Gasteiger partial charge in [-0.05, 0) is 39.5 Å².